The van der Waals surface area contributed by atoms with Crippen LogP contribution < -0.4 is 10.2 Å². The zero-order chi connectivity index (χ0) is 19.0. The molecular formula is C16H10FN3O6. The van der Waals surface area contributed by atoms with E-state index in [1.54, 1.807) is 0 Å². The highest BCUT2D eigenvalue weighted by atomic mass is 19.1. The van der Waals surface area contributed by atoms with Gasteiger partial charge in [-0.15, -0.1) is 0 Å². The number of hydrogen-bond acceptors (Lipinski definition) is 6. The second kappa shape index (κ2) is 6.24. The molecule has 0 aliphatic carbocycles. The zero-order valence-corrected chi connectivity index (χ0v) is 13.2. The molecule has 0 radical (unpaired) electrons. The monoisotopic (exact) mass is 359 g/mol. The van der Waals surface area contributed by atoms with E-state index in [9.17, 15) is 29.2 Å². The fourth-order valence-corrected chi connectivity index (χ4v) is 2.45. The van der Waals surface area contributed by atoms with Crippen molar-refractivity contribution in [2.24, 2.45) is 0 Å². The first kappa shape index (κ1) is 17.0. The van der Waals surface area contributed by atoms with Gasteiger partial charge in [-0.1, -0.05) is 0 Å². The molecule has 2 heterocycles. The van der Waals surface area contributed by atoms with E-state index in [-0.39, 0.29) is 16.9 Å². The fourth-order valence-electron chi connectivity index (χ4n) is 2.45. The molecule has 0 amide bonds. The largest absolute Gasteiger partial charge is 0.477 e. The zero-order valence-electron chi connectivity index (χ0n) is 13.2. The Kier molecular flexibility index (Phi) is 4.08. The molecule has 10 heteroatoms. The van der Waals surface area contributed by atoms with Crippen LogP contribution in [0.5, 0.6) is 5.88 Å². The van der Waals surface area contributed by atoms with Gasteiger partial charge in [-0.25, -0.2) is 9.18 Å². The summed E-state index contributed by atoms with van der Waals surface area (Å²) in [6.45, 7) is 0. The van der Waals surface area contributed by atoms with Crippen LogP contribution in [0.25, 0.3) is 16.7 Å². The molecule has 1 aromatic carbocycles. The van der Waals surface area contributed by atoms with Crippen LogP contribution in [0.3, 0.4) is 0 Å². The molecule has 3 rings (SSSR count). The molecule has 9 nitrogen and oxygen atoms in total. The number of methoxy groups -OCH3 is 1. The summed E-state index contributed by atoms with van der Waals surface area (Å²) in [5.74, 6) is -2.37. The molecule has 26 heavy (non-hydrogen) atoms. The number of nitrogens with zero attached hydrogens (tertiary/aromatic N) is 3. The molecule has 0 fully saturated rings. The Morgan fingerprint density at radius 2 is 2.00 bits per heavy atom. The molecular weight excluding hydrogens is 349 g/mol. The Hall–Kier alpha value is -3.82. The van der Waals surface area contributed by atoms with Crippen molar-refractivity contribution in [2.75, 3.05) is 7.11 Å². The molecule has 0 unspecified atom stereocenters. The third-order valence-corrected chi connectivity index (χ3v) is 3.65. The lowest BCUT2D eigenvalue weighted by Crippen LogP contribution is -2.19. The molecule has 0 aliphatic heterocycles. The summed E-state index contributed by atoms with van der Waals surface area (Å²) in [7, 11) is 1.17. The van der Waals surface area contributed by atoms with Gasteiger partial charge in [-0.05, 0) is 24.3 Å². The van der Waals surface area contributed by atoms with Gasteiger partial charge in [0.05, 0.1) is 17.4 Å². The number of rotatable bonds is 4. The number of carboxylic acid groups (broad SMARTS) is 1. The Labute approximate surface area is 144 Å². The van der Waals surface area contributed by atoms with Gasteiger partial charge in [-0.2, -0.15) is 4.98 Å². The van der Waals surface area contributed by atoms with Crippen LogP contribution in [0.2, 0.25) is 0 Å². The van der Waals surface area contributed by atoms with Crippen molar-refractivity contribution in [1.29, 1.82) is 0 Å². The minimum atomic E-state index is -1.51. The van der Waals surface area contributed by atoms with Crippen molar-refractivity contribution in [3.05, 3.63) is 68.2 Å². The standard InChI is InChI=1S/C16H10FN3O6/c1-26-15-12(20(24)25)6-10-13(21)11(16(22)23)7-19(14(10)18-15)9-4-2-8(17)3-5-9/h2-7H,1H3,(H,22,23). The van der Waals surface area contributed by atoms with Gasteiger partial charge in [0.25, 0.3) is 5.88 Å². The van der Waals surface area contributed by atoms with E-state index in [1.807, 2.05) is 0 Å². The lowest BCUT2D eigenvalue weighted by atomic mass is 10.1. The molecule has 0 saturated heterocycles. The van der Waals surface area contributed by atoms with Crippen molar-refractivity contribution < 1.29 is 24.0 Å². The summed E-state index contributed by atoms with van der Waals surface area (Å²) in [6, 6.07) is 5.89. The van der Waals surface area contributed by atoms with Crippen molar-refractivity contribution in [3.63, 3.8) is 0 Å². The van der Waals surface area contributed by atoms with Crippen molar-refractivity contribution in [2.45, 2.75) is 0 Å². The van der Waals surface area contributed by atoms with E-state index < -0.39 is 33.4 Å². The van der Waals surface area contributed by atoms with Crippen LogP contribution in [0.1, 0.15) is 10.4 Å². The smallest absolute Gasteiger partial charge is 0.341 e. The predicted octanol–water partition coefficient (Wildman–Crippen LogP) is 2.14. The van der Waals surface area contributed by atoms with Crippen LogP contribution in [0, 0.1) is 15.9 Å². The highest BCUT2D eigenvalue weighted by Gasteiger charge is 2.23. The van der Waals surface area contributed by atoms with Crippen LogP contribution in [0.15, 0.2) is 41.3 Å². The topological polar surface area (TPSA) is 125 Å². The quantitative estimate of drug-likeness (QED) is 0.559. The summed E-state index contributed by atoms with van der Waals surface area (Å²) >= 11 is 0. The number of hydrogen-bond donors (Lipinski definition) is 1. The first-order valence-corrected chi connectivity index (χ1v) is 7.11. The number of pyridine rings is 2. The minimum Gasteiger partial charge on any atom is -0.477 e. The minimum absolute atomic E-state index is 0.0611. The number of carboxylic acids is 1. The Morgan fingerprint density at radius 1 is 1.35 bits per heavy atom. The number of ether oxygens (including phenoxy) is 1. The summed E-state index contributed by atoms with van der Waals surface area (Å²) in [4.78, 5) is 38.2. The lowest BCUT2D eigenvalue weighted by molar-refractivity contribution is -0.386. The highest BCUT2D eigenvalue weighted by Crippen LogP contribution is 2.28. The van der Waals surface area contributed by atoms with Crippen molar-refractivity contribution >= 4 is 22.7 Å². The average Bonchev–Trinajstić information content (AvgIpc) is 2.61. The van der Waals surface area contributed by atoms with Crippen molar-refractivity contribution in [3.8, 4) is 11.6 Å². The van der Waals surface area contributed by atoms with E-state index in [4.69, 9.17) is 4.74 Å². The van der Waals surface area contributed by atoms with Gasteiger partial charge in [-0.3, -0.25) is 14.9 Å². The first-order chi connectivity index (χ1) is 12.3. The summed E-state index contributed by atoms with van der Waals surface area (Å²) in [6.07, 6.45) is 1.03. The Balaban J connectivity index is 2.48. The fraction of sp³-hybridized carbons (Fsp3) is 0.0625. The van der Waals surface area contributed by atoms with Crippen molar-refractivity contribution in [1.82, 2.24) is 9.55 Å². The number of fused-ring (bicyclic) bond motifs is 1. The maximum Gasteiger partial charge on any atom is 0.341 e. The van der Waals surface area contributed by atoms with E-state index >= 15 is 0 Å². The predicted molar refractivity (Wildman–Crippen MR) is 87.5 cm³/mol. The maximum absolute atomic E-state index is 13.2. The average molecular weight is 359 g/mol. The molecule has 0 atom stereocenters. The number of halogens is 1. The van der Waals surface area contributed by atoms with Gasteiger partial charge in [0.15, 0.2) is 5.65 Å². The normalized spacial score (nSPS) is 10.7. The Morgan fingerprint density at radius 3 is 2.54 bits per heavy atom. The number of aromatic carboxylic acids is 1. The van der Waals surface area contributed by atoms with Crippen LogP contribution >= 0.6 is 0 Å². The second-order valence-electron chi connectivity index (χ2n) is 5.17. The molecule has 1 N–H and O–H groups in total. The van der Waals surface area contributed by atoms with E-state index in [2.05, 4.69) is 4.98 Å². The molecule has 132 valence electrons. The van der Waals surface area contributed by atoms with Crippen LogP contribution in [-0.2, 0) is 0 Å². The SMILES string of the molecule is COc1nc2c(cc1[N+](=O)[O-])c(=O)c(C(=O)O)cn2-c1ccc(F)cc1. The third-order valence-electron chi connectivity index (χ3n) is 3.65. The van der Waals surface area contributed by atoms with Gasteiger partial charge in [0.1, 0.15) is 11.4 Å². The number of nitro groups is 1. The van der Waals surface area contributed by atoms with Gasteiger partial charge >= 0.3 is 11.7 Å². The summed E-state index contributed by atoms with van der Waals surface area (Å²) in [5, 5.41) is 20.2. The van der Waals surface area contributed by atoms with E-state index in [0.717, 1.165) is 24.4 Å². The summed E-state index contributed by atoms with van der Waals surface area (Å²) in [5.41, 5.74) is -1.87. The van der Waals surface area contributed by atoms with Gasteiger partial charge < -0.3 is 14.4 Å². The van der Waals surface area contributed by atoms with Gasteiger partial charge in [0.2, 0.25) is 5.43 Å². The van der Waals surface area contributed by atoms with E-state index in [0.29, 0.717) is 5.69 Å². The first-order valence-electron chi connectivity index (χ1n) is 7.11. The third kappa shape index (κ3) is 2.73. The molecule has 3 aromatic rings. The highest BCUT2D eigenvalue weighted by molar-refractivity contribution is 5.93. The second-order valence-corrected chi connectivity index (χ2v) is 5.17. The van der Waals surface area contributed by atoms with Crippen LogP contribution in [0.4, 0.5) is 10.1 Å². The maximum atomic E-state index is 13.2. The lowest BCUT2D eigenvalue weighted by Gasteiger charge is -2.12. The molecule has 0 saturated carbocycles. The number of aromatic nitrogens is 2. The summed E-state index contributed by atoms with van der Waals surface area (Å²) < 4.78 is 19.3. The molecule has 0 bridgehead atoms. The molecule has 0 aliphatic rings. The number of benzene rings is 1. The number of carbonyl (C=O) groups is 1. The Bertz CT molecular complexity index is 1110. The van der Waals surface area contributed by atoms with Gasteiger partial charge in [0, 0.05) is 18.0 Å². The molecule has 0 spiro atoms. The van der Waals surface area contributed by atoms with Crippen LogP contribution in [-0.4, -0.2) is 32.7 Å². The van der Waals surface area contributed by atoms with E-state index in [1.165, 1.54) is 23.8 Å². The molecule has 2 aromatic heterocycles.